The number of esters is 1. The first-order chi connectivity index (χ1) is 21.7. The lowest BCUT2D eigenvalue weighted by Crippen LogP contribution is -2.31. The quantitative estimate of drug-likeness (QED) is 0.125. The summed E-state index contributed by atoms with van der Waals surface area (Å²) in [4.78, 5) is 25.3. The summed E-state index contributed by atoms with van der Waals surface area (Å²) in [5.74, 6) is 0.727. The largest absolute Gasteiger partial charge is 0.492 e. The van der Waals surface area contributed by atoms with Gasteiger partial charge < -0.3 is 25.3 Å². The first kappa shape index (κ1) is 33.3. The molecule has 0 bridgehead atoms. The third-order valence-corrected chi connectivity index (χ3v) is 7.42. The first-order valence-corrected chi connectivity index (χ1v) is 15.5. The number of nitrogens with one attached hydrogen (secondary N) is 1. The summed E-state index contributed by atoms with van der Waals surface area (Å²) in [7, 11) is 0. The molecule has 0 unspecified atom stereocenters. The van der Waals surface area contributed by atoms with E-state index < -0.39 is 12.1 Å². The average Bonchev–Trinajstić information content (AvgIpc) is 3.04. The Morgan fingerprint density at radius 3 is 1.93 bits per heavy atom. The second kappa shape index (κ2) is 15.9. The van der Waals surface area contributed by atoms with Crippen LogP contribution in [0.25, 0.3) is 11.1 Å². The standard InChI is InChI=1S/C38H44N2O5/c1-5-43-37(42)35(45-34-20-16-32(17-21-34)38(2,3)4)26-28-8-18-33(19-9-28)44-25-24-40-36(41)31-14-12-30(13-15-31)29-10-6-27(7-11-29)22-23-39/h6-21,35H,5,22-26,39H2,1-4H3,(H,40,41)/t35-/m0/s1. The van der Waals surface area contributed by atoms with Gasteiger partial charge in [-0.25, -0.2) is 4.79 Å². The number of carbonyl (C=O) groups is 2. The highest BCUT2D eigenvalue weighted by Gasteiger charge is 2.23. The Balaban J connectivity index is 1.25. The fourth-order valence-corrected chi connectivity index (χ4v) is 4.82. The molecule has 7 heteroatoms. The molecule has 0 radical (unpaired) electrons. The van der Waals surface area contributed by atoms with Gasteiger partial charge in [0.25, 0.3) is 5.91 Å². The molecular formula is C38H44N2O5. The SMILES string of the molecule is CCOC(=O)[C@H](Cc1ccc(OCCNC(=O)c2ccc(-c3ccc(CCN)cc3)cc2)cc1)Oc1ccc(C(C)(C)C)cc1. The normalized spacial score (nSPS) is 11.8. The van der Waals surface area contributed by atoms with E-state index in [0.717, 1.165) is 23.1 Å². The molecule has 236 valence electrons. The van der Waals surface area contributed by atoms with Gasteiger partial charge in [0.15, 0.2) is 6.10 Å². The molecule has 1 atom stereocenters. The van der Waals surface area contributed by atoms with Crippen molar-refractivity contribution in [2.45, 2.75) is 52.1 Å². The summed E-state index contributed by atoms with van der Waals surface area (Å²) >= 11 is 0. The van der Waals surface area contributed by atoms with Crippen LogP contribution in [0.2, 0.25) is 0 Å². The van der Waals surface area contributed by atoms with Crippen LogP contribution in [0, 0.1) is 0 Å². The van der Waals surface area contributed by atoms with Gasteiger partial charge in [0.1, 0.15) is 18.1 Å². The Hall–Kier alpha value is -4.62. The third-order valence-electron chi connectivity index (χ3n) is 7.42. The summed E-state index contributed by atoms with van der Waals surface area (Å²) in [6.07, 6.45) is 0.438. The minimum Gasteiger partial charge on any atom is -0.492 e. The molecule has 0 aliphatic carbocycles. The van der Waals surface area contributed by atoms with Crippen molar-refractivity contribution in [2.24, 2.45) is 5.73 Å². The predicted octanol–water partition coefficient (Wildman–Crippen LogP) is 6.51. The Kier molecular flexibility index (Phi) is 11.8. The van der Waals surface area contributed by atoms with E-state index in [-0.39, 0.29) is 17.9 Å². The molecule has 0 heterocycles. The highest BCUT2D eigenvalue weighted by Crippen LogP contribution is 2.26. The number of benzene rings is 4. The van der Waals surface area contributed by atoms with Crippen LogP contribution in [0.15, 0.2) is 97.1 Å². The second-order valence-electron chi connectivity index (χ2n) is 11.9. The molecule has 3 N–H and O–H groups in total. The number of ether oxygens (including phenoxy) is 3. The fourth-order valence-electron chi connectivity index (χ4n) is 4.82. The Labute approximate surface area is 266 Å². The Morgan fingerprint density at radius 1 is 0.778 bits per heavy atom. The maximum atomic E-state index is 12.7. The second-order valence-corrected chi connectivity index (χ2v) is 11.9. The first-order valence-electron chi connectivity index (χ1n) is 15.5. The number of nitrogens with two attached hydrogens (primary N) is 1. The predicted molar refractivity (Wildman–Crippen MR) is 179 cm³/mol. The molecular weight excluding hydrogens is 564 g/mol. The van der Waals surface area contributed by atoms with E-state index in [1.54, 1.807) is 6.92 Å². The van der Waals surface area contributed by atoms with Gasteiger partial charge in [0, 0.05) is 12.0 Å². The number of rotatable bonds is 14. The lowest BCUT2D eigenvalue weighted by atomic mass is 9.87. The number of hydrogen-bond acceptors (Lipinski definition) is 6. The van der Waals surface area contributed by atoms with Crippen molar-refractivity contribution in [3.05, 3.63) is 119 Å². The number of hydrogen-bond donors (Lipinski definition) is 2. The van der Waals surface area contributed by atoms with Crippen molar-refractivity contribution in [2.75, 3.05) is 26.3 Å². The topological polar surface area (TPSA) is 99.9 Å². The minimum absolute atomic E-state index is 0.0276. The molecule has 1 amide bonds. The molecule has 4 rings (SSSR count). The van der Waals surface area contributed by atoms with E-state index in [0.29, 0.717) is 43.2 Å². The van der Waals surface area contributed by atoms with Crippen LogP contribution in [-0.2, 0) is 27.8 Å². The van der Waals surface area contributed by atoms with E-state index in [2.05, 4.69) is 50.4 Å². The molecule has 0 saturated carbocycles. The number of amides is 1. The van der Waals surface area contributed by atoms with Crippen molar-refractivity contribution in [1.29, 1.82) is 0 Å². The Bertz CT molecular complexity index is 1510. The molecule has 7 nitrogen and oxygen atoms in total. The molecule has 0 saturated heterocycles. The van der Waals surface area contributed by atoms with E-state index in [9.17, 15) is 9.59 Å². The minimum atomic E-state index is -0.775. The summed E-state index contributed by atoms with van der Waals surface area (Å²) in [6.45, 7) is 9.82. The van der Waals surface area contributed by atoms with Gasteiger partial charge in [0.05, 0.1) is 13.2 Å². The smallest absolute Gasteiger partial charge is 0.347 e. The molecule has 4 aromatic carbocycles. The molecule has 0 fully saturated rings. The van der Waals surface area contributed by atoms with Gasteiger partial charge in [-0.05, 0) is 89.5 Å². The van der Waals surface area contributed by atoms with Crippen molar-refractivity contribution >= 4 is 11.9 Å². The maximum Gasteiger partial charge on any atom is 0.347 e. The van der Waals surface area contributed by atoms with Gasteiger partial charge >= 0.3 is 5.97 Å². The summed E-state index contributed by atoms with van der Waals surface area (Å²) < 4.78 is 17.2. The zero-order valence-corrected chi connectivity index (χ0v) is 26.7. The molecule has 45 heavy (non-hydrogen) atoms. The zero-order valence-electron chi connectivity index (χ0n) is 26.7. The van der Waals surface area contributed by atoms with Crippen LogP contribution >= 0.6 is 0 Å². The molecule has 0 aliphatic rings. The third kappa shape index (κ3) is 9.95. The van der Waals surface area contributed by atoms with Crippen LogP contribution in [0.1, 0.15) is 54.7 Å². The lowest BCUT2D eigenvalue weighted by Gasteiger charge is -2.21. The highest BCUT2D eigenvalue weighted by atomic mass is 16.6. The lowest BCUT2D eigenvalue weighted by molar-refractivity contribution is -0.151. The van der Waals surface area contributed by atoms with Gasteiger partial charge in [-0.15, -0.1) is 0 Å². The van der Waals surface area contributed by atoms with E-state index >= 15 is 0 Å². The molecule has 0 aromatic heterocycles. The zero-order chi connectivity index (χ0) is 32.2. The van der Waals surface area contributed by atoms with Crippen LogP contribution in [0.4, 0.5) is 0 Å². The molecule has 0 spiro atoms. The van der Waals surface area contributed by atoms with Gasteiger partial charge in [-0.2, -0.15) is 0 Å². The monoisotopic (exact) mass is 608 g/mol. The van der Waals surface area contributed by atoms with E-state index in [1.165, 1.54) is 11.1 Å². The van der Waals surface area contributed by atoms with Crippen LogP contribution in [0.3, 0.4) is 0 Å². The summed E-state index contributed by atoms with van der Waals surface area (Å²) in [5, 5.41) is 2.90. The van der Waals surface area contributed by atoms with Crippen LogP contribution in [0.5, 0.6) is 11.5 Å². The average molecular weight is 609 g/mol. The van der Waals surface area contributed by atoms with Gasteiger partial charge in [0.2, 0.25) is 0 Å². The van der Waals surface area contributed by atoms with E-state index in [4.69, 9.17) is 19.9 Å². The maximum absolute atomic E-state index is 12.7. The van der Waals surface area contributed by atoms with Crippen molar-refractivity contribution < 1.29 is 23.8 Å². The summed E-state index contributed by atoms with van der Waals surface area (Å²) in [6, 6.07) is 31.2. The van der Waals surface area contributed by atoms with Crippen molar-refractivity contribution in [3.63, 3.8) is 0 Å². The van der Waals surface area contributed by atoms with Crippen LogP contribution < -0.4 is 20.5 Å². The summed E-state index contributed by atoms with van der Waals surface area (Å²) in [5.41, 5.74) is 11.7. The molecule has 4 aromatic rings. The fraction of sp³-hybridized carbons (Fsp3) is 0.316. The van der Waals surface area contributed by atoms with Crippen molar-refractivity contribution in [3.8, 4) is 22.6 Å². The Morgan fingerprint density at radius 2 is 1.36 bits per heavy atom. The van der Waals surface area contributed by atoms with E-state index in [1.807, 2.05) is 72.8 Å². The van der Waals surface area contributed by atoms with Gasteiger partial charge in [-0.3, -0.25) is 4.79 Å². The van der Waals surface area contributed by atoms with Crippen molar-refractivity contribution in [1.82, 2.24) is 5.32 Å². The van der Waals surface area contributed by atoms with Crippen LogP contribution in [-0.4, -0.2) is 44.3 Å². The van der Waals surface area contributed by atoms with Gasteiger partial charge in [-0.1, -0.05) is 81.4 Å². The molecule has 0 aliphatic heterocycles. The number of carbonyl (C=O) groups excluding carboxylic acids is 2. The highest BCUT2D eigenvalue weighted by molar-refractivity contribution is 5.94.